The van der Waals surface area contributed by atoms with Crippen LogP contribution in [0.2, 0.25) is 0 Å². The summed E-state index contributed by atoms with van der Waals surface area (Å²) in [6, 6.07) is 7.26. The molecule has 1 aromatic carbocycles. The lowest BCUT2D eigenvalue weighted by Gasteiger charge is -2.20. The van der Waals surface area contributed by atoms with Crippen molar-refractivity contribution in [1.29, 1.82) is 0 Å². The van der Waals surface area contributed by atoms with E-state index in [1.54, 1.807) is 17.9 Å². The quantitative estimate of drug-likeness (QED) is 0.929. The largest absolute Gasteiger partial charge is 0.497 e. The number of benzene rings is 1. The number of aromatic carboxylic acids is 1. The van der Waals surface area contributed by atoms with Crippen LogP contribution in [-0.4, -0.2) is 33.2 Å². The number of hydrogen-bond acceptors (Lipinski definition) is 4. The molecule has 0 saturated heterocycles. The first-order valence-electron chi connectivity index (χ1n) is 6.18. The molecule has 1 aromatic heterocycles. The number of rotatable bonds is 3. The summed E-state index contributed by atoms with van der Waals surface area (Å²) in [6.45, 7) is 5.78. The van der Waals surface area contributed by atoms with Crippen LogP contribution in [-0.2, 0) is 5.41 Å². The Kier molecular flexibility index (Phi) is 3.48. The molecular weight excluding hydrogens is 258 g/mol. The number of hydrogen-bond donors (Lipinski definition) is 1. The molecular formula is C14H17N3O3. The summed E-state index contributed by atoms with van der Waals surface area (Å²) in [5, 5.41) is 17.0. The average molecular weight is 275 g/mol. The molecule has 106 valence electrons. The Morgan fingerprint density at radius 2 is 2.05 bits per heavy atom. The van der Waals surface area contributed by atoms with E-state index in [-0.39, 0.29) is 5.69 Å². The van der Waals surface area contributed by atoms with Crippen LogP contribution in [0, 0.1) is 0 Å². The summed E-state index contributed by atoms with van der Waals surface area (Å²) in [6.07, 6.45) is 0. The molecule has 0 fully saturated rings. The van der Waals surface area contributed by atoms with Gasteiger partial charge in [-0.2, -0.15) is 0 Å². The molecule has 0 bridgehead atoms. The van der Waals surface area contributed by atoms with Crippen molar-refractivity contribution in [1.82, 2.24) is 15.0 Å². The molecule has 6 heteroatoms. The first kappa shape index (κ1) is 14.0. The SMILES string of the molecule is COc1cccc(-n2nnc(C(=O)O)c2C(C)(C)C)c1. The van der Waals surface area contributed by atoms with E-state index in [0.717, 1.165) is 0 Å². The maximum absolute atomic E-state index is 11.3. The monoisotopic (exact) mass is 275 g/mol. The van der Waals surface area contributed by atoms with Crippen LogP contribution in [0.4, 0.5) is 0 Å². The molecule has 2 aromatic rings. The van der Waals surface area contributed by atoms with Crippen molar-refractivity contribution in [2.24, 2.45) is 0 Å². The minimum absolute atomic E-state index is 0.0275. The zero-order chi connectivity index (χ0) is 14.9. The van der Waals surface area contributed by atoms with Crippen molar-refractivity contribution in [3.8, 4) is 11.4 Å². The molecule has 0 unspecified atom stereocenters. The van der Waals surface area contributed by atoms with Crippen molar-refractivity contribution in [3.05, 3.63) is 35.7 Å². The van der Waals surface area contributed by atoms with Gasteiger partial charge in [0, 0.05) is 11.5 Å². The van der Waals surface area contributed by atoms with Gasteiger partial charge in [-0.25, -0.2) is 9.48 Å². The first-order chi connectivity index (χ1) is 9.34. The Bertz CT molecular complexity index is 641. The Labute approximate surface area is 117 Å². The average Bonchev–Trinajstić information content (AvgIpc) is 2.83. The topological polar surface area (TPSA) is 77.2 Å². The van der Waals surface area contributed by atoms with E-state index >= 15 is 0 Å². The van der Waals surface area contributed by atoms with E-state index in [9.17, 15) is 9.90 Å². The zero-order valence-corrected chi connectivity index (χ0v) is 11.9. The van der Waals surface area contributed by atoms with Gasteiger partial charge in [-0.15, -0.1) is 5.10 Å². The van der Waals surface area contributed by atoms with Crippen molar-refractivity contribution < 1.29 is 14.6 Å². The van der Waals surface area contributed by atoms with Gasteiger partial charge in [-0.3, -0.25) is 0 Å². The molecule has 2 rings (SSSR count). The number of carboxylic acid groups (broad SMARTS) is 1. The van der Waals surface area contributed by atoms with Gasteiger partial charge in [0.25, 0.3) is 0 Å². The zero-order valence-electron chi connectivity index (χ0n) is 11.9. The molecule has 1 N–H and O–H groups in total. The predicted molar refractivity (Wildman–Crippen MR) is 73.6 cm³/mol. The van der Waals surface area contributed by atoms with Gasteiger partial charge in [0.15, 0.2) is 5.69 Å². The Balaban J connectivity index is 2.65. The molecule has 0 spiro atoms. The van der Waals surface area contributed by atoms with Crippen LogP contribution >= 0.6 is 0 Å². The van der Waals surface area contributed by atoms with Crippen LogP contribution in [0.25, 0.3) is 5.69 Å². The fraction of sp³-hybridized carbons (Fsp3) is 0.357. The lowest BCUT2D eigenvalue weighted by atomic mass is 9.90. The molecule has 0 aliphatic heterocycles. The molecule has 0 radical (unpaired) electrons. The van der Waals surface area contributed by atoms with Gasteiger partial charge in [0.1, 0.15) is 5.75 Å². The van der Waals surface area contributed by atoms with E-state index in [0.29, 0.717) is 17.1 Å². The number of ether oxygens (including phenoxy) is 1. The summed E-state index contributed by atoms with van der Waals surface area (Å²) in [5.41, 5.74) is 0.841. The van der Waals surface area contributed by atoms with Crippen LogP contribution in [0.1, 0.15) is 37.0 Å². The second-order valence-electron chi connectivity index (χ2n) is 5.46. The fourth-order valence-electron chi connectivity index (χ4n) is 2.02. The summed E-state index contributed by atoms with van der Waals surface area (Å²) in [4.78, 5) is 11.3. The highest BCUT2D eigenvalue weighted by Gasteiger charge is 2.29. The van der Waals surface area contributed by atoms with E-state index in [4.69, 9.17) is 4.74 Å². The van der Waals surface area contributed by atoms with E-state index < -0.39 is 11.4 Å². The number of carboxylic acids is 1. The van der Waals surface area contributed by atoms with Gasteiger partial charge in [0.2, 0.25) is 0 Å². The van der Waals surface area contributed by atoms with Crippen molar-refractivity contribution in [2.75, 3.05) is 7.11 Å². The summed E-state index contributed by atoms with van der Waals surface area (Å²) < 4.78 is 6.73. The number of methoxy groups -OCH3 is 1. The highest BCUT2D eigenvalue weighted by atomic mass is 16.5. The van der Waals surface area contributed by atoms with E-state index in [1.807, 2.05) is 39.0 Å². The normalized spacial score (nSPS) is 11.4. The molecule has 0 saturated carbocycles. The Hall–Kier alpha value is -2.37. The summed E-state index contributed by atoms with van der Waals surface area (Å²) >= 11 is 0. The standard InChI is InChI=1S/C14H17N3O3/c1-14(2,3)12-11(13(18)19)15-16-17(12)9-6-5-7-10(8-9)20-4/h5-8H,1-4H3,(H,18,19). The minimum atomic E-state index is -1.08. The van der Waals surface area contributed by atoms with Gasteiger partial charge in [-0.05, 0) is 12.1 Å². The van der Waals surface area contributed by atoms with E-state index in [1.165, 1.54) is 0 Å². The van der Waals surface area contributed by atoms with Crippen molar-refractivity contribution in [2.45, 2.75) is 26.2 Å². The molecule has 0 aliphatic rings. The third-order valence-electron chi connectivity index (χ3n) is 2.88. The number of aromatic nitrogens is 3. The molecule has 0 aliphatic carbocycles. The van der Waals surface area contributed by atoms with Crippen LogP contribution in [0.5, 0.6) is 5.75 Å². The molecule has 0 atom stereocenters. The van der Waals surface area contributed by atoms with Crippen LogP contribution in [0.15, 0.2) is 24.3 Å². The third kappa shape index (κ3) is 2.49. The molecule has 0 amide bonds. The Morgan fingerprint density at radius 3 is 2.60 bits per heavy atom. The lowest BCUT2D eigenvalue weighted by molar-refractivity contribution is 0.0687. The van der Waals surface area contributed by atoms with Gasteiger partial charge >= 0.3 is 5.97 Å². The Morgan fingerprint density at radius 1 is 1.35 bits per heavy atom. The van der Waals surface area contributed by atoms with Gasteiger partial charge < -0.3 is 9.84 Å². The second-order valence-corrected chi connectivity index (χ2v) is 5.46. The molecule has 20 heavy (non-hydrogen) atoms. The van der Waals surface area contributed by atoms with Crippen molar-refractivity contribution >= 4 is 5.97 Å². The number of nitrogens with zero attached hydrogens (tertiary/aromatic N) is 3. The van der Waals surface area contributed by atoms with Crippen molar-refractivity contribution in [3.63, 3.8) is 0 Å². The predicted octanol–water partition coefficient (Wildman–Crippen LogP) is 2.27. The maximum atomic E-state index is 11.3. The smallest absolute Gasteiger partial charge is 0.358 e. The fourth-order valence-corrected chi connectivity index (χ4v) is 2.02. The lowest BCUT2D eigenvalue weighted by Crippen LogP contribution is -2.21. The van der Waals surface area contributed by atoms with Gasteiger partial charge in [-0.1, -0.05) is 32.1 Å². The maximum Gasteiger partial charge on any atom is 0.358 e. The number of carbonyl (C=O) groups is 1. The second kappa shape index (κ2) is 4.96. The molecule has 1 heterocycles. The molecule has 6 nitrogen and oxygen atoms in total. The third-order valence-corrected chi connectivity index (χ3v) is 2.88. The van der Waals surface area contributed by atoms with Gasteiger partial charge in [0.05, 0.1) is 18.5 Å². The summed E-state index contributed by atoms with van der Waals surface area (Å²) in [7, 11) is 1.58. The highest BCUT2D eigenvalue weighted by molar-refractivity contribution is 5.87. The van der Waals surface area contributed by atoms with Crippen LogP contribution in [0.3, 0.4) is 0 Å². The van der Waals surface area contributed by atoms with Crippen LogP contribution < -0.4 is 4.74 Å². The summed E-state index contributed by atoms with van der Waals surface area (Å²) in [5.74, 6) is -0.404. The first-order valence-corrected chi connectivity index (χ1v) is 6.18. The minimum Gasteiger partial charge on any atom is -0.497 e. The van der Waals surface area contributed by atoms with E-state index in [2.05, 4.69) is 10.3 Å². The highest BCUT2D eigenvalue weighted by Crippen LogP contribution is 2.28.